The lowest BCUT2D eigenvalue weighted by Crippen LogP contribution is -2.45. The van der Waals surface area contributed by atoms with Crippen LogP contribution < -0.4 is 25.7 Å². The molecule has 2 aromatic carbocycles. The van der Waals surface area contributed by atoms with E-state index in [0.29, 0.717) is 40.5 Å². The lowest BCUT2D eigenvalue weighted by Gasteiger charge is -2.33. The van der Waals surface area contributed by atoms with Crippen molar-refractivity contribution in [3.63, 3.8) is 0 Å². The third kappa shape index (κ3) is 3.92. The van der Waals surface area contributed by atoms with Crippen LogP contribution >= 0.6 is 0 Å². The van der Waals surface area contributed by atoms with Crippen molar-refractivity contribution in [2.45, 2.75) is 25.4 Å². The molecular formula is C23H25N5O3. The number of nitrogens with two attached hydrogens (primary N) is 1. The van der Waals surface area contributed by atoms with Crippen molar-refractivity contribution in [1.29, 1.82) is 5.26 Å². The number of hydrogen-bond acceptors (Lipinski definition) is 7. The van der Waals surface area contributed by atoms with Crippen molar-refractivity contribution in [2.24, 2.45) is 5.73 Å². The van der Waals surface area contributed by atoms with E-state index in [1.165, 1.54) is 7.11 Å². The number of aromatic nitrogens is 2. The fraction of sp³-hybridized carbons (Fsp3) is 0.348. The molecule has 0 aliphatic carbocycles. The van der Waals surface area contributed by atoms with Crippen molar-refractivity contribution in [3.8, 4) is 17.6 Å². The number of piperidine rings is 1. The molecule has 2 N–H and O–H groups in total. The SMILES string of the molecule is COc1cc2nc(N3CCC[C@@H](N)C3)n(Cc3ccccc3C#N)c(=O)c2cc1OC. The van der Waals surface area contributed by atoms with Gasteiger partial charge in [0.15, 0.2) is 11.5 Å². The summed E-state index contributed by atoms with van der Waals surface area (Å²) in [7, 11) is 3.08. The summed E-state index contributed by atoms with van der Waals surface area (Å²) in [6, 6.07) is 12.9. The van der Waals surface area contributed by atoms with Gasteiger partial charge in [-0.15, -0.1) is 0 Å². The standard InChI is InChI=1S/C23H25N5O3/c1-30-20-10-18-19(11-21(20)31-2)26-23(27-9-5-8-17(25)14-27)28(22(18)29)13-16-7-4-3-6-15(16)12-24/h3-4,6-7,10-11,17H,5,8-9,13-14,25H2,1-2H3/t17-/m1/s1. The largest absolute Gasteiger partial charge is 0.493 e. The van der Waals surface area contributed by atoms with Gasteiger partial charge in [-0.25, -0.2) is 4.98 Å². The first kappa shape index (κ1) is 20.7. The molecule has 4 rings (SSSR count). The minimum Gasteiger partial charge on any atom is -0.493 e. The fourth-order valence-electron chi connectivity index (χ4n) is 4.05. The maximum Gasteiger partial charge on any atom is 0.263 e. The Morgan fingerprint density at radius 2 is 1.97 bits per heavy atom. The Labute approximate surface area is 180 Å². The van der Waals surface area contributed by atoms with Crippen LogP contribution in [0, 0.1) is 11.3 Å². The molecule has 0 radical (unpaired) electrons. The molecule has 0 unspecified atom stereocenters. The van der Waals surface area contributed by atoms with E-state index < -0.39 is 0 Å². The summed E-state index contributed by atoms with van der Waals surface area (Å²) in [5.74, 6) is 1.52. The topological polar surface area (TPSA) is 106 Å². The summed E-state index contributed by atoms with van der Waals surface area (Å²) >= 11 is 0. The monoisotopic (exact) mass is 419 g/mol. The zero-order valence-electron chi connectivity index (χ0n) is 17.7. The van der Waals surface area contributed by atoms with Gasteiger partial charge in [-0.05, 0) is 30.5 Å². The Morgan fingerprint density at radius 3 is 2.68 bits per heavy atom. The van der Waals surface area contributed by atoms with Gasteiger partial charge in [0.05, 0.1) is 43.3 Å². The summed E-state index contributed by atoms with van der Waals surface area (Å²) in [6.07, 6.45) is 1.87. The van der Waals surface area contributed by atoms with E-state index in [1.54, 1.807) is 29.9 Å². The number of nitriles is 1. The smallest absolute Gasteiger partial charge is 0.263 e. The first-order chi connectivity index (χ1) is 15.0. The van der Waals surface area contributed by atoms with Gasteiger partial charge >= 0.3 is 0 Å². The quantitative estimate of drug-likeness (QED) is 0.676. The molecule has 3 aromatic rings. The van der Waals surface area contributed by atoms with E-state index in [1.807, 2.05) is 18.2 Å². The molecule has 1 aliphatic heterocycles. The Balaban J connectivity index is 1.94. The van der Waals surface area contributed by atoms with Gasteiger partial charge in [0.25, 0.3) is 5.56 Å². The van der Waals surface area contributed by atoms with Crippen LogP contribution in [0.3, 0.4) is 0 Å². The van der Waals surface area contributed by atoms with Crippen LogP contribution in [0.25, 0.3) is 10.9 Å². The summed E-state index contributed by atoms with van der Waals surface area (Å²) in [5, 5.41) is 9.93. The molecule has 1 aromatic heterocycles. The normalized spacial score (nSPS) is 16.2. The number of methoxy groups -OCH3 is 2. The first-order valence-corrected chi connectivity index (χ1v) is 10.2. The van der Waals surface area contributed by atoms with E-state index >= 15 is 0 Å². The van der Waals surface area contributed by atoms with Gasteiger partial charge in [0, 0.05) is 25.2 Å². The number of ether oxygens (including phenoxy) is 2. The Hall–Kier alpha value is -3.57. The van der Waals surface area contributed by atoms with Gasteiger partial charge in [-0.3, -0.25) is 9.36 Å². The van der Waals surface area contributed by atoms with Crippen LogP contribution in [0.2, 0.25) is 0 Å². The zero-order valence-corrected chi connectivity index (χ0v) is 17.7. The van der Waals surface area contributed by atoms with Crippen molar-refractivity contribution >= 4 is 16.9 Å². The average molecular weight is 419 g/mol. The minimum atomic E-state index is -0.201. The summed E-state index contributed by atoms with van der Waals surface area (Å²) in [6.45, 7) is 1.62. The lowest BCUT2D eigenvalue weighted by molar-refractivity contribution is 0.355. The van der Waals surface area contributed by atoms with Crippen molar-refractivity contribution in [1.82, 2.24) is 9.55 Å². The van der Waals surface area contributed by atoms with Crippen molar-refractivity contribution in [3.05, 3.63) is 57.9 Å². The van der Waals surface area contributed by atoms with E-state index in [2.05, 4.69) is 11.0 Å². The van der Waals surface area contributed by atoms with E-state index in [0.717, 1.165) is 24.9 Å². The molecule has 0 spiro atoms. The molecule has 160 valence electrons. The molecule has 0 saturated carbocycles. The highest BCUT2D eigenvalue weighted by molar-refractivity contribution is 5.83. The predicted octanol–water partition coefficient (Wildman–Crippen LogP) is 2.26. The molecule has 8 heteroatoms. The number of nitrogens with zero attached hydrogens (tertiary/aromatic N) is 4. The molecule has 8 nitrogen and oxygen atoms in total. The number of anilines is 1. The minimum absolute atomic E-state index is 0.0200. The third-order valence-electron chi connectivity index (χ3n) is 5.65. The number of benzene rings is 2. The molecule has 1 saturated heterocycles. The van der Waals surface area contributed by atoms with Crippen molar-refractivity contribution < 1.29 is 9.47 Å². The first-order valence-electron chi connectivity index (χ1n) is 10.2. The zero-order chi connectivity index (χ0) is 22.0. The average Bonchev–Trinajstić information content (AvgIpc) is 2.80. The number of fused-ring (bicyclic) bond motifs is 1. The summed E-state index contributed by atoms with van der Waals surface area (Å²) < 4.78 is 12.4. The Bertz CT molecular complexity index is 1210. The van der Waals surface area contributed by atoms with Crippen molar-refractivity contribution in [2.75, 3.05) is 32.2 Å². The second kappa shape index (κ2) is 8.66. The van der Waals surface area contributed by atoms with Crippen LogP contribution in [0.4, 0.5) is 5.95 Å². The van der Waals surface area contributed by atoms with Crippen LogP contribution in [-0.2, 0) is 6.54 Å². The van der Waals surface area contributed by atoms with E-state index in [-0.39, 0.29) is 18.1 Å². The molecule has 1 aliphatic rings. The van der Waals surface area contributed by atoms with E-state index in [9.17, 15) is 10.1 Å². The molecule has 31 heavy (non-hydrogen) atoms. The van der Waals surface area contributed by atoms with Gasteiger partial charge in [0.2, 0.25) is 5.95 Å². The Kier molecular flexibility index (Phi) is 5.78. The molecule has 2 heterocycles. The molecule has 1 fully saturated rings. The molecule has 0 amide bonds. The molecular weight excluding hydrogens is 394 g/mol. The summed E-state index contributed by atoms with van der Waals surface area (Å²) in [4.78, 5) is 20.5. The second-order valence-corrected chi connectivity index (χ2v) is 7.64. The number of rotatable bonds is 5. The van der Waals surface area contributed by atoms with Crippen LogP contribution in [-0.4, -0.2) is 42.9 Å². The highest BCUT2D eigenvalue weighted by Crippen LogP contribution is 2.31. The Morgan fingerprint density at radius 1 is 1.23 bits per heavy atom. The molecule has 1 atom stereocenters. The lowest BCUT2D eigenvalue weighted by atomic mass is 10.1. The summed E-state index contributed by atoms with van der Waals surface area (Å²) in [5.41, 5.74) is 7.83. The number of hydrogen-bond donors (Lipinski definition) is 1. The van der Waals surface area contributed by atoms with Gasteiger partial charge < -0.3 is 20.1 Å². The van der Waals surface area contributed by atoms with Gasteiger partial charge in [-0.1, -0.05) is 18.2 Å². The third-order valence-corrected chi connectivity index (χ3v) is 5.65. The predicted molar refractivity (Wildman–Crippen MR) is 119 cm³/mol. The molecule has 0 bridgehead atoms. The maximum atomic E-state index is 13.6. The highest BCUT2D eigenvalue weighted by atomic mass is 16.5. The fourth-order valence-corrected chi connectivity index (χ4v) is 4.05. The second-order valence-electron chi connectivity index (χ2n) is 7.64. The van der Waals surface area contributed by atoms with Crippen LogP contribution in [0.1, 0.15) is 24.0 Å². The maximum absolute atomic E-state index is 13.6. The van der Waals surface area contributed by atoms with E-state index in [4.69, 9.17) is 20.2 Å². The van der Waals surface area contributed by atoms with Gasteiger partial charge in [-0.2, -0.15) is 5.26 Å². The van der Waals surface area contributed by atoms with Crippen LogP contribution in [0.5, 0.6) is 11.5 Å². The van der Waals surface area contributed by atoms with Crippen LogP contribution in [0.15, 0.2) is 41.2 Å². The van der Waals surface area contributed by atoms with Gasteiger partial charge in [0.1, 0.15) is 0 Å². The highest BCUT2D eigenvalue weighted by Gasteiger charge is 2.24.